The van der Waals surface area contributed by atoms with Gasteiger partial charge in [-0.05, 0) is 72.0 Å². The standard InChI is InChI=1S/C16H24IN/c1-3-12-7-9-13(10-8-12)16(18-2)14-5-4-6-15(17)11-14/h4-6,11-13,16,18H,3,7-10H2,1-2H3. The smallest absolute Gasteiger partial charge is 0.0346 e. The van der Waals surface area contributed by atoms with Crippen LogP contribution in [0.25, 0.3) is 0 Å². The first-order chi connectivity index (χ1) is 8.74. The lowest BCUT2D eigenvalue weighted by Gasteiger charge is -2.33. The molecule has 0 saturated heterocycles. The average Bonchev–Trinajstić information content (AvgIpc) is 2.40. The van der Waals surface area contributed by atoms with Gasteiger partial charge >= 0.3 is 0 Å². The van der Waals surface area contributed by atoms with Crippen LogP contribution in [0.5, 0.6) is 0 Å². The first-order valence-corrected chi connectivity index (χ1v) is 8.25. The lowest BCUT2D eigenvalue weighted by atomic mass is 9.76. The number of hydrogen-bond acceptors (Lipinski definition) is 1. The second-order valence-corrected chi connectivity index (χ2v) is 6.76. The Balaban J connectivity index is 2.05. The van der Waals surface area contributed by atoms with Crippen LogP contribution < -0.4 is 5.32 Å². The van der Waals surface area contributed by atoms with E-state index in [4.69, 9.17) is 0 Å². The van der Waals surface area contributed by atoms with Gasteiger partial charge in [-0.3, -0.25) is 0 Å². The SMILES string of the molecule is CCC1CCC(C(NC)c2cccc(I)c2)CC1. The van der Waals surface area contributed by atoms with Crippen molar-refractivity contribution in [3.05, 3.63) is 33.4 Å². The Morgan fingerprint density at radius 3 is 2.56 bits per heavy atom. The summed E-state index contributed by atoms with van der Waals surface area (Å²) in [6.45, 7) is 2.33. The van der Waals surface area contributed by atoms with Crippen LogP contribution >= 0.6 is 22.6 Å². The van der Waals surface area contributed by atoms with Crippen LogP contribution in [0.2, 0.25) is 0 Å². The van der Waals surface area contributed by atoms with E-state index in [1.807, 2.05) is 0 Å². The highest BCUT2D eigenvalue weighted by Gasteiger charge is 2.27. The fourth-order valence-corrected chi connectivity index (χ4v) is 3.87. The normalized spacial score (nSPS) is 25.9. The lowest BCUT2D eigenvalue weighted by Crippen LogP contribution is -2.28. The monoisotopic (exact) mass is 357 g/mol. The number of hydrogen-bond donors (Lipinski definition) is 1. The molecule has 0 aliphatic heterocycles. The van der Waals surface area contributed by atoms with Crippen LogP contribution in [0.4, 0.5) is 0 Å². The molecular formula is C16H24IN. The Kier molecular flexibility index (Phi) is 5.49. The Morgan fingerprint density at radius 1 is 1.28 bits per heavy atom. The van der Waals surface area contributed by atoms with Crippen LogP contribution in [0.3, 0.4) is 0 Å². The molecule has 1 fully saturated rings. The Morgan fingerprint density at radius 2 is 2.00 bits per heavy atom. The van der Waals surface area contributed by atoms with Crippen molar-refractivity contribution in [1.82, 2.24) is 5.32 Å². The number of halogens is 1. The molecule has 2 heteroatoms. The summed E-state index contributed by atoms with van der Waals surface area (Å²) < 4.78 is 1.34. The Hall–Kier alpha value is -0.0900. The summed E-state index contributed by atoms with van der Waals surface area (Å²) in [4.78, 5) is 0. The molecule has 2 rings (SSSR count). The second kappa shape index (κ2) is 6.90. The molecule has 100 valence electrons. The van der Waals surface area contributed by atoms with Crippen molar-refractivity contribution in [2.75, 3.05) is 7.05 Å². The van der Waals surface area contributed by atoms with Gasteiger partial charge in [-0.1, -0.05) is 38.3 Å². The van der Waals surface area contributed by atoms with Gasteiger partial charge in [0.15, 0.2) is 0 Å². The maximum atomic E-state index is 3.54. The van der Waals surface area contributed by atoms with Gasteiger partial charge in [0.05, 0.1) is 0 Å². The first-order valence-electron chi connectivity index (χ1n) is 7.17. The van der Waals surface area contributed by atoms with Gasteiger partial charge in [0.2, 0.25) is 0 Å². The fourth-order valence-electron chi connectivity index (χ4n) is 3.30. The fraction of sp³-hybridized carbons (Fsp3) is 0.625. The molecule has 0 radical (unpaired) electrons. The van der Waals surface area contributed by atoms with Crippen LogP contribution in [-0.2, 0) is 0 Å². The van der Waals surface area contributed by atoms with Crippen LogP contribution in [0, 0.1) is 15.4 Å². The molecule has 0 amide bonds. The van der Waals surface area contributed by atoms with Crippen LogP contribution in [0.15, 0.2) is 24.3 Å². The van der Waals surface area contributed by atoms with E-state index in [1.165, 1.54) is 41.2 Å². The summed E-state index contributed by atoms with van der Waals surface area (Å²) in [6.07, 6.45) is 6.97. The third-order valence-electron chi connectivity index (χ3n) is 4.46. The summed E-state index contributed by atoms with van der Waals surface area (Å²) in [6, 6.07) is 9.49. The first kappa shape index (κ1) is 14.3. The quantitative estimate of drug-likeness (QED) is 0.766. The zero-order chi connectivity index (χ0) is 13.0. The van der Waals surface area contributed by atoms with E-state index < -0.39 is 0 Å². The second-order valence-electron chi connectivity index (χ2n) is 5.51. The molecule has 1 unspecified atom stereocenters. The molecule has 1 aliphatic carbocycles. The highest BCUT2D eigenvalue weighted by atomic mass is 127. The maximum Gasteiger partial charge on any atom is 0.0346 e. The van der Waals surface area contributed by atoms with Gasteiger partial charge < -0.3 is 5.32 Å². The van der Waals surface area contributed by atoms with Crippen molar-refractivity contribution < 1.29 is 0 Å². The minimum Gasteiger partial charge on any atom is -0.313 e. The van der Waals surface area contributed by atoms with Gasteiger partial charge in [-0.15, -0.1) is 0 Å². The van der Waals surface area contributed by atoms with E-state index in [2.05, 4.69) is 66.1 Å². The lowest BCUT2D eigenvalue weighted by molar-refractivity contribution is 0.224. The van der Waals surface area contributed by atoms with Crippen molar-refractivity contribution in [1.29, 1.82) is 0 Å². The van der Waals surface area contributed by atoms with Crippen molar-refractivity contribution in [3.63, 3.8) is 0 Å². The summed E-state index contributed by atoms with van der Waals surface area (Å²) in [7, 11) is 2.11. The van der Waals surface area contributed by atoms with Gasteiger partial charge in [-0.25, -0.2) is 0 Å². The summed E-state index contributed by atoms with van der Waals surface area (Å²) in [5.74, 6) is 1.80. The predicted octanol–water partition coefficient (Wildman–Crippen LogP) is 4.77. The van der Waals surface area contributed by atoms with Crippen molar-refractivity contribution in [2.24, 2.45) is 11.8 Å². The topological polar surface area (TPSA) is 12.0 Å². The molecule has 1 atom stereocenters. The number of rotatable bonds is 4. The molecular weight excluding hydrogens is 333 g/mol. The molecule has 1 N–H and O–H groups in total. The van der Waals surface area contributed by atoms with E-state index in [-0.39, 0.29) is 0 Å². The zero-order valence-electron chi connectivity index (χ0n) is 11.5. The van der Waals surface area contributed by atoms with E-state index in [9.17, 15) is 0 Å². The van der Waals surface area contributed by atoms with E-state index >= 15 is 0 Å². The number of nitrogens with one attached hydrogen (secondary N) is 1. The predicted molar refractivity (Wildman–Crippen MR) is 86.7 cm³/mol. The molecule has 0 bridgehead atoms. The largest absolute Gasteiger partial charge is 0.313 e. The molecule has 0 aromatic heterocycles. The average molecular weight is 357 g/mol. The molecule has 18 heavy (non-hydrogen) atoms. The third kappa shape index (κ3) is 3.47. The molecule has 1 aliphatic rings. The Labute approximate surface area is 125 Å². The molecule has 1 nitrogen and oxygen atoms in total. The highest BCUT2D eigenvalue weighted by molar-refractivity contribution is 14.1. The van der Waals surface area contributed by atoms with Crippen LogP contribution in [0.1, 0.15) is 50.6 Å². The van der Waals surface area contributed by atoms with E-state index in [0.717, 1.165) is 11.8 Å². The third-order valence-corrected chi connectivity index (χ3v) is 5.13. The van der Waals surface area contributed by atoms with Crippen LogP contribution in [-0.4, -0.2) is 7.05 Å². The van der Waals surface area contributed by atoms with Gasteiger partial charge in [0.25, 0.3) is 0 Å². The molecule has 0 spiro atoms. The van der Waals surface area contributed by atoms with E-state index in [1.54, 1.807) is 0 Å². The van der Waals surface area contributed by atoms with E-state index in [0.29, 0.717) is 6.04 Å². The zero-order valence-corrected chi connectivity index (χ0v) is 13.6. The van der Waals surface area contributed by atoms with Gasteiger partial charge in [-0.2, -0.15) is 0 Å². The molecule has 1 aromatic carbocycles. The minimum absolute atomic E-state index is 0.539. The van der Waals surface area contributed by atoms with Crippen molar-refractivity contribution >= 4 is 22.6 Å². The van der Waals surface area contributed by atoms with Crippen molar-refractivity contribution in [2.45, 2.75) is 45.1 Å². The summed E-state index contributed by atoms with van der Waals surface area (Å²) >= 11 is 2.41. The van der Waals surface area contributed by atoms with Crippen molar-refractivity contribution in [3.8, 4) is 0 Å². The van der Waals surface area contributed by atoms with Gasteiger partial charge in [0.1, 0.15) is 0 Å². The molecule has 0 heterocycles. The highest BCUT2D eigenvalue weighted by Crippen LogP contribution is 2.37. The minimum atomic E-state index is 0.539. The summed E-state index contributed by atoms with van der Waals surface area (Å²) in [5.41, 5.74) is 1.46. The maximum absolute atomic E-state index is 3.54. The molecule has 1 aromatic rings. The number of benzene rings is 1. The Bertz CT molecular complexity index is 369. The summed E-state index contributed by atoms with van der Waals surface area (Å²) in [5, 5.41) is 3.54. The van der Waals surface area contributed by atoms with Gasteiger partial charge in [0, 0.05) is 9.61 Å². The molecule has 1 saturated carbocycles.